The number of pyridine rings is 2. The second kappa shape index (κ2) is 7.16. The van der Waals surface area contributed by atoms with Crippen molar-refractivity contribution < 1.29 is 9.59 Å². The summed E-state index contributed by atoms with van der Waals surface area (Å²) >= 11 is 0. The lowest BCUT2D eigenvalue weighted by Crippen LogP contribution is -2.53. The summed E-state index contributed by atoms with van der Waals surface area (Å²) in [6.07, 6.45) is 2.81. The highest BCUT2D eigenvalue weighted by Crippen LogP contribution is 2.41. The van der Waals surface area contributed by atoms with Crippen LogP contribution in [0, 0.1) is 5.92 Å². The third kappa shape index (κ3) is 3.01. The zero-order chi connectivity index (χ0) is 20.8. The topological polar surface area (TPSA) is 75.8 Å². The van der Waals surface area contributed by atoms with Gasteiger partial charge < -0.3 is 19.2 Å². The molecule has 2 bridgehead atoms. The molecule has 1 N–H and O–H groups in total. The number of carbonyl (C=O) groups excluding carboxylic acids is 2. The second-order valence-corrected chi connectivity index (χ2v) is 8.28. The number of amides is 2. The molecule has 5 heterocycles. The van der Waals surface area contributed by atoms with E-state index >= 15 is 0 Å². The average molecular weight is 404 g/mol. The number of hydrogen-bond acceptors (Lipinski definition) is 3. The van der Waals surface area contributed by atoms with Crippen LogP contribution in [0.15, 0.2) is 59.5 Å². The Morgan fingerprint density at radius 2 is 1.93 bits per heavy atom. The Balaban J connectivity index is 1.50. The standard InChI is InChI=1S/C23H24N4O3/c1-15(28)24-12-21-17-11-16(19-6-4-7-22(29)27(19)21)13-25(14-17)23(30)20-9-8-18-5-2-3-10-26(18)20/h2-10,16-17,21H,11-14H2,1H3,(H,24,28)/t16-,17+,21+/m1/s1. The number of aromatic nitrogens is 2. The highest BCUT2D eigenvalue weighted by molar-refractivity contribution is 5.94. The molecule has 7 heteroatoms. The molecule has 1 saturated heterocycles. The fraction of sp³-hybridized carbons (Fsp3) is 0.348. The van der Waals surface area contributed by atoms with Gasteiger partial charge in [-0.2, -0.15) is 0 Å². The van der Waals surface area contributed by atoms with Gasteiger partial charge in [0.1, 0.15) is 5.69 Å². The molecule has 7 nitrogen and oxygen atoms in total. The van der Waals surface area contributed by atoms with Crippen LogP contribution in [-0.2, 0) is 4.79 Å². The summed E-state index contributed by atoms with van der Waals surface area (Å²) < 4.78 is 3.75. The molecule has 154 valence electrons. The van der Waals surface area contributed by atoms with Gasteiger partial charge in [-0.25, -0.2) is 0 Å². The van der Waals surface area contributed by atoms with Crippen LogP contribution in [0.3, 0.4) is 0 Å². The molecule has 1 fully saturated rings. The van der Waals surface area contributed by atoms with Crippen LogP contribution in [0.1, 0.15) is 41.5 Å². The Morgan fingerprint density at radius 3 is 2.77 bits per heavy atom. The minimum absolute atomic E-state index is 0.000838. The number of piperidine rings is 1. The van der Waals surface area contributed by atoms with E-state index in [0.29, 0.717) is 25.3 Å². The maximum absolute atomic E-state index is 13.4. The lowest BCUT2D eigenvalue weighted by atomic mass is 9.78. The molecule has 2 amide bonds. The summed E-state index contributed by atoms with van der Waals surface area (Å²) in [7, 11) is 0. The van der Waals surface area contributed by atoms with E-state index in [1.54, 1.807) is 12.1 Å². The normalized spacial score (nSPS) is 22.6. The van der Waals surface area contributed by atoms with Crippen molar-refractivity contribution in [1.29, 1.82) is 0 Å². The van der Waals surface area contributed by atoms with Crippen molar-refractivity contribution in [3.8, 4) is 0 Å². The first-order valence-electron chi connectivity index (χ1n) is 10.3. The Labute approximate surface area is 173 Å². The minimum Gasteiger partial charge on any atom is -0.354 e. The zero-order valence-electron chi connectivity index (χ0n) is 16.8. The molecule has 0 radical (unpaired) electrons. The largest absolute Gasteiger partial charge is 0.354 e. The first kappa shape index (κ1) is 18.7. The van der Waals surface area contributed by atoms with E-state index in [9.17, 15) is 14.4 Å². The number of hydrogen-bond donors (Lipinski definition) is 1. The van der Waals surface area contributed by atoms with Crippen LogP contribution < -0.4 is 10.9 Å². The van der Waals surface area contributed by atoms with Crippen LogP contribution in [0.4, 0.5) is 0 Å². The van der Waals surface area contributed by atoms with E-state index in [2.05, 4.69) is 5.32 Å². The van der Waals surface area contributed by atoms with Gasteiger partial charge in [0, 0.05) is 55.9 Å². The van der Waals surface area contributed by atoms with Gasteiger partial charge in [0.25, 0.3) is 11.5 Å². The predicted molar refractivity (Wildman–Crippen MR) is 113 cm³/mol. The summed E-state index contributed by atoms with van der Waals surface area (Å²) in [5.41, 5.74) is 2.54. The van der Waals surface area contributed by atoms with E-state index in [1.165, 1.54) is 6.92 Å². The van der Waals surface area contributed by atoms with E-state index in [4.69, 9.17) is 0 Å². The highest BCUT2D eigenvalue weighted by Gasteiger charge is 2.42. The van der Waals surface area contributed by atoms with Crippen molar-refractivity contribution in [2.45, 2.75) is 25.3 Å². The Bertz CT molecular complexity index is 1190. The molecule has 2 aliphatic heterocycles. The highest BCUT2D eigenvalue weighted by atomic mass is 16.2. The Kier molecular flexibility index (Phi) is 4.46. The molecule has 0 aromatic carbocycles. The van der Waals surface area contributed by atoms with Gasteiger partial charge in [-0.1, -0.05) is 12.1 Å². The molecular formula is C23H24N4O3. The van der Waals surface area contributed by atoms with E-state index in [0.717, 1.165) is 17.6 Å². The SMILES string of the molecule is CC(=O)NC[C@H]1[C@H]2C[C@H](CN(C(=O)c3ccc4ccccn34)C2)c2cccc(=O)n21. The predicted octanol–water partition coefficient (Wildman–Crippen LogP) is 2.04. The summed E-state index contributed by atoms with van der Waals surface area (Å²) in [4.78, 5) is 39.5. The van der Waals surface area contributed by atoms with Crippen LogP contribution in [0.2, 0.25) is 0 Å². The van der Waals surface area contributed by atoms with E-state index < -0.39 is 0 Å². The summed E-state index contributed by atoms with van der Waals surface area (Å²) in [6, 6.07) is 14.8. The number of fused-ring (bicyclic) bond motifs is 5. The molecule has 0 unspecified atom stereocenters. The third-order valence-electron chi connectivity index (χ3n) is 6.43. The van der Waals surface area contributed by atoms with Crippen molar-refractivity contribution in [2.75, 3.05) is 19.6 Å². The molecule has 0 spiro atoms. The first-order chi connectivity index (χ1) is 14.5. The lowest BCUT2D eigenvalue weighted by molar-refractivity contribution is -0.119. The van der Waals surface area contributed by atoms with E-state index in [1.807, 2.05) is 56.5 Å². The second-order valence-electron chi connectivity index (χ2n) is 8.28. The van der Waals surface area contributed by atoms with Gasteiger partial charge in [0.2, 0.25) is 5.91 Å². The number of nitrogens with zero attached hydrogens (tertiary/aromatic N) is 3. The zero-order valence-corrected chi connectivity index (χ0v) is 16.8. The fourth-order valence-corrected chi connectivity index (χ4v) is 5.11. The number of likely N-dealkylation sites (tertiary alicyclic amines) is 1. The number of carbonyl (C=O) groups is 2. The molecule has 0 aliphatic carbocycles. The first-order valence-corrected chi connectivity index (χ1v) is 10.3. The van der Waals surface area contributed by atoms with Crippen LogP contribution in [0.25, 0.3) is 5.52 Å². The minimum atomic E-state index is -0.159. The van der Waals surface area contributed by atoms with Crippen molar-refractivity contribution in [3.05, 3.63) is 76.5 Å². The molecular weight excluding hydrogens is 380 g/mol. The lowest BCUT2D eigenvalue weighted by Gasteiger charge is -2.47. The van der Waals surface area contributed by atoms with Crippen molar-refractivity contribution in [2.24, 2.45) is 5.92 Å². The van der Waals surface area contributed by atoms with E-state index in [-0.39, 0.29) is 35.3 Å². The molecule has 2 aliphatic rings. The molecule has 5 rings (SSSR count). The Morgan fingerprint density at radius 1 is 1.07 bits per heavy atom. The summed E-state index contributed by atoms with van der Waals surface area (Å²) in [5.74, 6) is 0.103. The maximum atomic E-state index is 13.4. The summed E-state index contributed by atoms with van der Waals surface area (Å²) in [5, 5.41) is 2.88. The van der Waals surface area contributed by atoms with Crippen molar-refractivity contribution in [1.82, 2.24) is 19.2 Å². The van der Waals surface area contributed by atoms with Gasteiger partial charge in [-0.3, -0.25) is 14.4 Å². The van der Waals surface area contributed by atoms with Crippen molar-refractivity contribution >= 4 is 17.3 Å². The van der Waals surface area contributed by atoms with Gasteiger partial charge in [0.15, 0.2) is 0 Å². The quantitative estimate of drug-likeness (QED) is 0.726. The fourth-order valence-electron chi connectivity index (χ4n) is 5.11. The molecule has 3 atom stereocenters. The number of nitrogens with one attached hydrogen (secondary N) is 1. The van der Waals surface area contributed by atoms with Crippen molar-refractivity contribution in [3.63, 3.8) is 0 Å². The average Bonchev–Trinajstić information content (AvgIpc) is 3.17. The molecule has 0 saturated carbocycles. The monoisotopic (exact) mass is 404 g/mol. The smallest absolute Gasteiger partial charge is 0.270 e. The number of rotatable bonds is 3. The van der Waals surface area contributed by atoms with Gasteiger partial charge in [-0.05, 0) is 42.7 Å². The summed E-state index contributed by atoms with van der Waals surface area (Å²) in [6.45, 7) is 3.03. The van der Waals surface area contributed by atoms with Gasteiger partial charge in [0.05, 0.1) is 6.04 Å². The molecule has 30 heavy (non-hydrogen) atoms. The molecule has 3 aromatic heterocycles. The van der Waals surface area contributed by atoms with Gasteiger partial charge >= 0.3 is 0 Å². The van der Waals surface area contributed by atoms with Gasteiger partial charge in [-0.15, -0.1) is 0 Å². The third-order valence-corrected chi connectivity index (χ3v) is 6.43. The molecule has 3 aromatic rings. The van der Waals surface area contributed by atoms with Crippen LogP contribution >= 0.6 is 0 Å². The maximum Gasteiger partial charge on any atom is 0.270 e. The Hall–Kier alpha value is -3.35. The van der Waals surface area contributed by atoms with Crippen LogP contribution in [0.5, 0.6) is 0 Å². The van der Waals surface area contributed by atoms with Crippen LogP contribution in [-0.4, -0.2) is 45.3 Å².